The Labute approximate surface area is 112 Å². The van der Waals surface area contributed by atoms with Crippen LogP contribution in [0.3, 0.4) is 0 Å². The molecule has 1 unspecified atom stereocenters. The normalized spacial score (nSPS) is 21.3. The Morgan fingerprint density at radius 1 is 1.32 bits per heavy atom. The van der Waals surface area contributed by atoms with Crippen molar-refractivity contribution in [2.75, 3.05) is 16.8 Å². The predicted molar refractivity (Wildman–Crippen MR) is 71.2 cm³/mol. The number of carbonyl (C=O) groups excluding carboxylic acids is 1. The highest BCUT2D eigenvalue weighted by atomic mass is 32.2. The summed E-state index contributed by atoms with van der Waals surface area (Å²) in [5, 5.41) is 11.4. The van der Waals surface area contributed by atoms with E-state index >= 15 is 0 Å². The molecule has 1 aliphatic heterocycles. The van der Waals surface area contributed by atoms with Crippen molar-refractivity contribution >= 4 is 21.4 Å². The first-order valence-electron chi connectivity index (χ1n) is 6.01. The summed E-state index contributed by atoms with van der Waals surface area (Å²) in [6, 6.07) is 8.46. The standard InChI is InChI=1S/C13H14N2O3S/c14-8-10-3-5-12(6-4-10)15-13(16)11-2-1-7-19(17,18)9-11/h3-6,11H,1-2,7,9H2,(H,15,16). The third kappa shape index (κ3) is 3.55. The molecule has 2 rings (SSSR count). The van der Waals surface area contributed by atoms with Crippen LogP contribution in [0.25, 0.3) is 0 Å². The minimum absolute atomic E-state index is 0.0743. The van der Waals surface area contributed by atoms with Gasteiger partial charge in [-0.2, -0.15) is 5.26 Å². The van der Waals surface area contributed by atoms with Gasteiger partial charge in [0.05, 0.1) is 29.1 Å². The number of nitriles is 1. The van der Waals surface area contributed by atoms with Gasteiger partial charge in [0.15, 0.2) is 9.84 Å². The maximum absolute atomic E-state index is 12.0. The number of rotatable bonds is 2. The Morgan fingerprint density at radius 3 is 2.58 bits per heavy atom. The van der Waals surface area contributed by atoms with E-state index < -0.39 is 15.8 Å². The average molecular weight is 278 g/mol. The lowest BCUT2D eigenvalue weighted by Gasteiger charge is -2.21. The second kappa shape index (κ2) is 5.41. The third-order valence-electron chi connectivity index (χ3n) is 3.12. The van der Waals surface area contributed by atoms with Gasteiger partial charge in [-0.15, -0.1) is 0 Å². The Hall–Kier alpha value is -1.87. The van der Waals surface area contributed by atoms with Crippen LogP contribution in [0.4, 0.5) is 5.69 Å². The quantitative estimate of drug-likeness (QED) is 0.883. The summed E-state index contributed by atoms with van der Waals surface area (Å²) in [5.74, 6) is -0.648. The Bertz CT molecular complexity index is 614. The van der Waals surface area contributed by atoms with Crippen molar-refractivity contribution in [1.29, 1.82) is 5.26 Å². The molecule has 0 spiro atoms. The fourth-order valence-corrected chi connectivity index (χ4v) is 3.81. The van der Waals surface area contributed by atoms with Gasteiger partial charge in [0.1, 0.15) is 0 Å². The average Bonchev–Trinajstić information content (AvgIpc) is 2.38. The first kappa shape index (κ1) is 13.6. The highest BCUT2D eigenvalue weighted by Crippen LogP contribution is 2.20. The fraction of sp³-hybridized carbons (Fsp3) is 0.385. The highest BCUT2D eigenvalue weighted by molar-refractivity contribution is 7.91. The summed E-state index contributed by atoms with van der Waals surface area (Å²) in [7, 11) is -3.08. The van der Waals surface area contributed by atoms with Gasteiger partial charge in [-0.1, -0.05) is 0 Å². The minimum Gasteiger partial charge on any atom is -0.326 e. The molecule has 1 amide bonds. The van der Waals surface area contributed by atoms with Gasteiger partial charge in [0.25, 0.3) is 0 Å². The monoisotopic (exact) mass is 278 g/mol. The third-order valence-corrected chi connectivity index (χ3v) is 4.94. The van der Waals surface area contributed by atoms with Crippen molar-refractivity contribution in [2.45, 2.75) is 12.8 Å². The van der Waals surface area contributed by atoms with Crippen LogP contribution < -0.4 is 5.32 Å². The van der Waals surface area contributed by atoms with Crippen LogP contribution in [0.5, 0.6) is 0 Å². The van der Waals surface area contributed by atoms with E-state index in [2.05, 4.69) is 5.32 Å². The van der Waals surface area contributed by atoms with Gasteiger partial charge >= 0.3 is 0 Å². The van der Waals surface area contributed by atoms with Crippen molar-refractivity contribution < 1.29 is 13.2 Å². The van der Waals surface area contributed by atoms with E-state index in [1.54, 1.807) is 24.3 Å². The number of nitrogens with one attached hydrogen (secondary N) is 1. The molecule has 0 radical (unpaired) electrons. The molecule has 5 nitrogen and oxygen atoms in total. The molecule has 0 bridgehead atoms. The molecule has 6 heteroatoms. The Balaban J connectivity index is 2.02. The van der Waals surface area contributed by atoms with Gasteiger partial charge < -0.3 is 5.32 Å². The number of sulfone groups is 1. The lowest BCUT2D eigenvalue weighted by atomic mass is 10.0. The van der Waals surface area contributed by atoms with Crippen molar-refractivity contribution in [1.82, 2.24) is 0 Å². The molecule has 0 saturated carbocycles. The van der Waals surface area contributed by atoms with Gasteiger partial charge in [-0.3, -0.25) is 4.79 Å². The van der Waals surface area contributed by atoms with Crippen LogP contribution in [0.15, 0.2) is 24.3 Å². The molecule has 19 heavy (non-hydrogen) atoms. The van der Waals surface area contributed by atoms with E-state index in [9.17, 15) is 13.2 Å². The number of carbonyl (C=O) groups is 1. The maximum Gasteiger partial charge on any atom is 0.228 e. The zero-order chi connectivity index (χ0) is 13.9. The molecule has 1 atom stereocenters. The summed E-state index contributed by atoms with van der Waals surface area (Å²) in [4.78, 5) is 12.0. The minimum atomic E-state index is -3.08. The summed E-state index contributed by atoms with van der Waals surface area (Å²) in [6.07, 6.45) is 1.13. The summed E-state index contributed by atoms with van der Waals surface area (Å²) in [6.45, 7) is 0. The predicted octanol–water partition coefficient (Wildman–Crippen LogP) is 1.32. The van der Waals surface area contributed by atoms with E-state index in [1.807, 2.05) is 6.07 Å². The zero-order valence-electron chi connectivity index (χ0n) is 10.3. The van der Waals surface area contributed by atoms with E-state index in [0.717, 1.165) is 0 Å². The molecule has 1 aromatic rings. The Morgan fingerprint density at radius 2 is 2.00 bits per heavy atom. The van der Waals surface area contributed by atoms with Crippen LogP contribution >= 0.6 is 0 Å². The second-order valence-corrected chi connectivity index (χ2v) is 6.86. The molecule has 0 aromatic heterocycles. The number of anilines is 1. The first-order chi connectivity index (χ1) is 9.00. The zero-order valence-corrected chi connectivity index (χ0v) is 11.1. The largest absolute Gasteiger partial charge is 0.326 e. The molecule has 0 aliphatic carbocycles. The van der Waals surface area contributed by atoms with Gasteiger partial charge in [0.2, 0.25) is 5.91 Å². The number of amides is 1. The van der Waals surface area contributed by atoms with E-state index in [1.165, 1.54) is 0 Å². The highest BCUT2D eigenvalue weighted by Gasteiger charge is 2.29. The summed E-state index contributed by atoms with van der Waals surface area (Å²) in [5.41, 5.74) is 1.09. The van der Waals surface area contributed by atoms with E-state index in [4.69, 9.17) is 5.26 Å². The van der Waals surface area contributed by atoms with Crippen LogP contribution in [0, 0.1) is 17.2 Å². The molecule has 1 N–H and O–H groups in total. The number of benzene rings is 1. The number of hydrogen-bond donors (Lipinski definition) is 1. The van der Waals surface area contributed by atoms with Gasteiger partial charge in [0, 0.05) is 5.69 Å². The van der Waals surface area contributed by atoms with Crippen molar-refractivity contribution in [3.63, 3.8) is 0 Å². The first-order valence-corrected chi connectivity index (χ1v) is 7.84. The SMILES string of the molecule is N#Cc1ccc(NC(=O)C2CCCS(=O)(=O)C2)cc1. The van der Waals surface area contributed by atoms with Crippen LogP contribution in [0.1, 0.15) is 18.4 Å². The number of hydrogen-bond acceptors (Lipinski definition) is 4. The van der Waals surface area contributed by atoms with Crippen LogP contribution in [-0.2, 0) is 14.6 Å². The molecular formula is C13H14N2O3S. The molecule has 1 aliphatic rings. The molecule has 1 heterocycles. The molecule has 100 valence electrons. The van der Waals surface area contributed by atoms with Crippen molar-refractivity contribution in [2.24, 2.45) is 5.92 Å². The Kier molecular flexibility index (Phi) is 3.86. The molecular weight excluding hydrogens is 264 g/mol. The topological polar surface area (TPSA) is 87.0 Å². The molecule has 1 aromatic carbocycles. The van der Waals surface area contributed by atoms with Crippen LogP contribution in [-0.4, -0.2) is 25.8 Å². The summed E-state index contributed by atoms with van der Waals surface area (Å²) >= 11 is 0. The summed E-state index contributed by atoms with van der Waals surface area (Å²) < 4.78 is 23.0. The van der Waals surface area contributed by atoms with Crippen LogP contribution in [0.2, 0.25) is 0 Å². The van der Waals surface area contributed by atoms with Crippen molar-refractivity contribution in [3.05, 3.63) is 29.8 Å². The maximum atomic E-state index is 12.0. The lowest BCUT2D eigenvalue weighted by molar-refractivity contribution is -0.119. The number of nitrogens with zero attached hydrogens (tertiary/aromatic N) is 1. The van der Waals surface area contributed by atoms with Crippen molar-refractivity contribution in [3.8, 4) is 6.07 Å². The molecule has 1 fully saturated rings. The lowest BCUT2D eigenvalue weighted by Crippen LogP contribution is -2.34. The molecule has 1 saturated heterocycles. The fourth-order valence-electron chi connectivity index (χ4n) is 2.10. The smallest absolute Gasteiger partial charge is 0.228 e. The second-order valence-electron chi connectivity index (χ2n) is 4.63. The van der Waals surface area contributed by atoms with Gasteiger partial charge in [-0.05, 0) is 37.1 Å². The van der Waals surface area contributed by atoms with E-state index in [0.29, 0.717) is 24.1 Å². The van der Waals surface area contributed by atoms with E-state index in [-0.39, 0.29) is 17.4 Å². The van der Waals surface area contributed by atoms with Gasteiger partial charge in [-0.25, -0.2) is 8.42 Å².